The van der Waals surface area contributed by atoms with Crippen molar-refractivity contribution in [2.75, 3.05) is 0 Å². The summed E-state index contributed by atoms with van der Waals surface area (Å²) in [7, 11) is 0. The molecular formula is C48H72N2O6. The zero-order chi connectivity index (χ0) is 40.1. The van der Waals surface area contributed by atoms with Gasteiger partial charge in [0.15, 0.2) is 0 Å². The van der Waals surface area contributed by atoms with Crippen LogP contribution in [0.1, 0.15) is 201 Å². The third kappa shape index (κ3) is 13.8. The van der Waals surface area contributed by atoms with E-state index >= 15 is 0 Å². The molecule has 56 heavy (non-hydrogen) atoms. The molecule has 4 rings (SSSR count). The van der Waals surface area contributed by atoms with Gasteiger partial charge in [0.1, 0.15) is 23.6 Å². The van der Waals surface area contributed by atoms with E-state index in [0.29, 0.717) is 35.1 Å². The van der Waals surface area contributed by atoms with Gasteiger partial charge in [-0.25, -0.2) is 9.59 Å². The maximum absolute atomic E-state index is 12.3. The van der Waals surface area contributed by atoms with Crippen molar-refractivity contribution in [2.45, 2.75) is 206 Å². The average molecular weight is 773 g/mol. The number of fused-ring (bicyclic) bond motifs is 2. The number of hydrogen-bond donors (Lipinski definition) is 4. The second-order valence-electron chi connectivity index (χ2n) is 16.6. The van der Waals surface area contributed by atoms with Crippen molar-refractivity contribution >= 4 is 24.4 Å². The van der Waals surface area contributed by atoms with Crippen molar-refractivity contribution in [2.24, 2.45) is 9.98 Å². The van der Waals surface area contributed by atoms with Gasteiger partial charge in [-0.15, -0.1) is 0 Å². The average Bonchev–Trinajstić information content (AvgIpc) is 3.19. The van der Waals surface area contributed by atoms with E-state index in [-0.39, 0.29) is 11.5 Å². The number of aliphatic imine (C=N–C) groups is 2. The van der Waals surface area contributed by atoms with E-state index in [2.05, 4.69) is 23.8 Å². The number of phenols is 2. The van der Waals surface area contributed by atoms with E-state index < -0.39 is 24.0 Å². The SMILES string of the molecule is CCCCCCCCCCC[C@H](N=Cc1cc2c(c(-c3c(O)c(C=N[C@@H](CCCCCCCCCCC)C(=O)O)cc4c3CCCC4)c1O)CCCC2)C(=O)O. The van der Waals surface area contributed by atoms with E-state index in [1.165, 1.54) is 89.5 Å². The molecule has 310 valence electrons. The van der Waals surface area contributed by atoms with E-state index in [1.54, 1.807) is 0 Å². The third-order valence-electron chi connectivity index (χ3n) is 12.1. The van der Waals surface area contributed by atoms with Crippen molar-refractivity contribution in [3.05, 3.63) is 45.5 Å². The summed E-state index contributed by atoms with van der Waals surface area (Å²) in [4.78, 5) is 33.6. The standard InChI is InChI=1S/C48H72N2O6/c1-3-5-7-9-11-13-15-17-19-29-41(47(53)54)49-33-37-31-35-25-21-23-27-39(35)43(45(37)51)44-40-28-24-22-26-36(40)32-38(46(44)52)34-50-42(48(55)56)30-20-18-16-14-12-10-8-6-4-2/h31-34,41-42,51-52H,3-30H2,1-2H3,(H,53,54)(H,55,56)/t41-,42-/m0/s1. The van der Waals surface area contributed by atoms with E-state index in [1.807, 2.05) is 12.1 Å². The summed E-state index contributed by atoms with van der Waals surface area (Å²) in [5.74, 6) is -1.91. The van der Waals surface area contributed by atoms with Gasteiger partial charge in [0.05, 0.1) is 0 Å². The van der Waals surface area contributed by atoms with E-state index in [9.17, 15) is 30.0 Å². The molecule has 2 aromatic rings. The van der Waals surface area contributed by atoms with Crippen LogP contribution in [0, 0.1) is 0 Å². The summed E-state index contributed by atoms with van der Waals surface area (Å²) in [5, 5.41) is 44.2. The Morgan fingerprint density at radius 3 is 1.20 bits per heavy atom. The van der Waals surface area contributed by atoms with Gasteiger partial charge in [-0.1, -0.05) is 129 Å². The van der Waals surface area contributed by atoms with Crippen LogP contribution >= 0.6 is 0 Å². The normalized spacial score (nSPS) is 15.2. The van der Waals surface area contributed by atoms with Gasteiger partial charge >= 0.3 is 11.9 Å². The minimum absolute atomic E-state index is 0.00699. The minimum Gasteiger partial charge on any atom is -0.507 e. The molecule has 0 fully saturated rings. The lowest BCUT2D eigenvalue weighted by atomic mass is 9.78. The van der Waals surface area contributed by atoms with Gasteiger partial charge in [0.25, 0.3) is 0 Å². The number of aryl methyl sites for hydroxylation is 2. The van der Waals surface area contributed by atoms with Gasteiger partial charge in [0, 0.05) is 34.7 Å². The van der Waals surface area contributed by atoms with Gasteiger partial charge in [-0.3, -0.25) is 9.98 Å². The first kappa shape index (κ1) is 45.0. The molecule has 0 aromatic heterocycles. The van der Waals surface area contributed by atoms with Gasteiger partial charge in [-0.2, -0.15) is 0 Å². The van der Waals surface area contributed by atoms with Crippen molar-refractivity contribution in [1.29, 1.82) is 0 Å². The smallest absolute Gasteiger partial charge is 0.328 e. The molecule has 0 unspecified atom stereocenters. The Balaban J connectivity index is 1.56. The fourth-order valence-electron chi connectivity index (χ4n) is 8.73. The molecule has 2 atom stereocenters. The van der Waals surface area contributed by atoms with Crippen LogP contribution in [0.15, 0.2) is 22.1 Å². The highest BCUT2D eigenvalue weighted by atomic mass is 16.4. The Kier molecular flexibility index (Phi) is 20.0. The highest BCUT2D eigenvalue weighted by Crippen LogP contribution is 2.48. The first-order chi connectivity index (χ1) is 27.3. The van der Waals surface area contributed by atoms with Crippen molar-refractivity contribution in [3.63, 3.8) is 0 Å². The lowest BCUT2D eigenvalue weighted by molar-refractivity contribution is -0.139. The van der Waals surface area contributed by atoms with E-state index in [4.69, 9.17) is 0 Å². The molecule has 0 aliphatic heterocycles. The number of benzene rings is 2. The first-order valence-electron chi connectivity index (χ1n) is 22.5. The van der Waals surface area contributed by atoms with Crippen LogP contribution in [0.5, 0.6) is 11.5 Å². The number of hydrogen-bond acceptors (Lipinski definition) is 6. The minimum atomic E-state index is -0.963. The van der Waals surface area contributed by atoms with Gasteiger partial charge in [-0.05, 0) is 98.6 Å². The Morgan fingerprint density at radius 1 is 0.536 bits per heavy atom. The second kappa shape index (κ2) is 24.8. The van der Waals surface area contributed by atoms with Crippen molar-refractivity contribution in [1.82, 2.24) is 0 Å². The fourth-order valence-corrected chi connectivity index (χ4v) is 8.73. The molecule has 0 saturated carbocycles. The molecular weight excluding hydrogens is 701 g/mol. The molecule has 0 saturated heterocycles. The maximum atomic E-state index is 12.3. The number of phenolic OH excluding ortho intramolecular Hbond substituents is 2. The van der Waals surface area contributed by atoms with Crippen LogP contribution in [-0.4, -0.2) is 56.9 Å². The number of carbonyl (C=O) groups is 2. The maximum Gasteiger partial charge on any atom is 0.328 e. The predicted molar refractivity (Wildman–Crippen MR) is 230 cm³/mol. The fraction of sp³-hybridized carbons (Fsp3) is 0.667. The van der Waals surface area contributed by atoms with Crippen LogP contribution < -0.4 is 0 Å². The molecule has 0 heterocycles. The second-order valence-corrected chi connectivity index (χ2v) is 16.6. The Bertz CT molecular complexity index is 1480. The molecule has 2 aliphatic rings. The zero-order valence-corrected chi connectivity index (χ0v) is 34.8. The Labute approximate surface area is 337 Å². The molecule has 0 radical (unpaired) electrons. The zero-order valence-electron chi connectivity index (χ0n) is 34.8. The summed E-state index contributed by atoms with van der Waals surface area (Å²) in [5.41, 5.74) is 6.35. The van der Waals surface area contributed by atoms with Crippen molar-refractivity contribution < 1.29 is 30.0 Å². The molecule has 8 heteroatoms. The molecule has 4 N–H and O–H groups in total. The summed E-state index contributed by atoms with van der Waals surface area (Å²) in [6, 6.07) is 2.12. The number of unbranched alkanes of at least 4 members (excludes halogenated alkanes) is 16. The number of nitrogens with zero attached hydrogens (tertiary/aromatic N) is 2. The van der Waals surface area contributed by atoms with Crippen LogP contribution in [0.4, 0.5) is 0 Å². The first-order valence-corrected chi connectivity index (χ1v) is 22.5. The summed E-state index contributed by atoms with van der Waals surface area (Å²) >= 11 is 0. The molecule has 2 aromatic carbocycles. The molecule has 2 aliphatic carbocycles. The highest BCUT2D eigenvalue weighted by Gasteiger charge is 2.29. The molecule has 0 amide bonds. The van der Waals surface area contributed by atoms with Crippen LogP contribution in [0.25, 0.3) is 11.1 Å². The number of carboxylic acid groups (broad SMARTS) is 2. The number of aromatic hydroxyl groups is 2. The lowest BCUT2D eigenvalue weighted by Gasteiger charge is -2.27. The topological polar surface area (TPSA) is 140 Å². The quantitative estimate of drug-likeness (QED) is 0.0526. The van der Waals surface area contributed by atoms with Crippen LogP contribution in [-0.2, 0) is 35.3 Å². The summed E-state index contributed by atoms with van der Waals surface area (Å²) in [6.45, 7) is 4.44. The predicted octanol–water partition coefficient (Wildman–Crippen LogP) is 12.1. The Morgan fingerprint density at radius 2 is 0.857 bits per heavy atom. The summed E-state index contributed by atoms with van der Waals surface area (Å²) < 4.78 is 0. The van der Waals surface area contributed by atoms with Crippen molar-refractivity contribution in [3.8, 4) is 22.6 Å². The number of aliphatic carboxylic acids is 2. The third-order valence-corrected chi connectivity index (χ3v) is 12.1. The molecule has 8 nitrogen and oxygen atoms in total. The van der Waals surface area contributed by atoms with Crippen LogP contribution in [0.3, 0.4) is 0 Å². The monoisotopic (exact) mass is 773 g/mol. The molecule has 0 bridgehead atoms. The Hall–Kier alpha value is -3.68. The number of carboxylic acids is 2. The lowest BCUT2D eigenvalue weighted by Crippen LogP contribution is -2.18. The van der Waals surface area contributed by atoms with Crippen LogP contribution in [0.2, 0.25) is 0 Å². The summed E-state index contributed by atoms with van der Waals surface area (Å²) in [6.07, 6.45) is 31.9. The number of rotatable bonds is 27. The van der Waals surface area contributed by atoms with E-state index in [0.717, 1.165) is 112 Å². The highest BCUT2D eigenvalue weighted by molar-refractivity contribution is 5.97. The molecule has 0 spiro atoms. The largest absolute Gasteiger partial charge is 0.507 e. The van der Waals surface area contributed by atoms with Gasteiger partial charge in [0.2, 0.25) is 0 Å². The van der Waals surface area contributed by atoms with Gasteiger partial charge < -0.3 is 20.4 Å².